The minimum absolute atomic E-state index is 0.158. The Labute approximate surface area is 139 Å². The van der Waals surface area contributed by atoms with Crippen molar-refractivity contribution in [3.63, 3.8) is 0 Å². The first-order valence-corrected chi connectivity index (χ1v) is 7.59. The summed E-state index contributed by atoms with van der Waals surface area (Å²) in [6.45, 7) is 5.58. The lowest BCUT2D eigenvalue weighted by Gasteiger charge is -2.09. The van der Waals surface area contributed by atoms with Gasteiger partial charge in [-0.3, -0.25) is 0 Å². The molecule has 0 amide bonds. The molecule has 1 heterocycles. The summed E-state index contributed by atoms with van der Waals surface area (Å²) in [5.74, 6) is -1.02. The van der Waals surface area contributed by atoms with Crippen LogP contribution >= 0.6 is 0 Å². The van der Waals surface area contributed by atoms with Gasteiger partial charge in [-0.1, -0.05) is 12.1 Å². The van der Waals surface area contributed by atoms with E-state index in [1.807, 2.05) is 25.1 Å². The normalized spacial score (nSPS) is 10.1. The predicted octanol–water partition coefficient (Wildman–Crippen LogP) is 2.36. The fraction of sp³-hybridized carbons (Fsp3) is 0.294. The number of carbonyl (C=O) groups is 2. The van der Waals surface area contributed by atoms with Gasteiger partial charge in [-0.25, -0.2) is 19.6 Å². The van der Waals surface area contributed by atoms with Crippen LogP contribution < -0.4 is 5.32 Å². The zero-order chi connectivity index (χ0) is 17.5. The third-order valence-electron chi connectivity index (χ3n) is 3.21. The van der Waals surface area contributed by atoms with Crippen LogP contribution in [-0.2, 0) is 19.1 Å². The van der Waals surface area contributed by atoms with Gasteiger partial charge >= 0.3 is 11.9 Å². The van der Waals surface area contributed by atoms with E-state index in [1.165, 1.54) is 12.5 Å². The van der Waals surface area contributed by atoms with Gasteiger partial charge in [0.25, 0.3) is 0 Å². The maximum Gasteiger partial charge on any atom is 0.347 e. The molecule has 1 N–H and O–H groups in total. The molecule has 0 aliphatic heterocycles. The summed E-state index contributed by atoms with van der Waals surface area (Å²) in [4.78, 5) is 32.3. The molecule has 0 aliphatic rings. The molecule has 0 saturated heterocycles. The van der Waals surface area contributed by atoms with Gasteiger partial charge < -0.3 is 14.8 Å². The molecule has 7 heteroatoms. The van der Waals surface area contributed by atoms with Crippen molar-refractivity contribution >= 4 is 28.7 Å². The van der Waals surface area contributed by atoms with Gasteiger partial charge in [0, 0.05) is 11.6 Å². The molecule has 7 nitrogen and oxygen atoms in total. The number of ether oxygens (including phenoxy) is 2. The second-order valence-corrected chi connectivity index (χ2v) is 4.84. The van der Waals surface area contributed by atoms with Gasteiger partial charge in [-0.05, 0) is 32.4 Å². The first-order chi connectivity index (χ1) is 11.6. The molecule has 2 aromatic rings. The Morgan fingerprint density at radius 3 is 2.42 bits per heavy atom. The van der Waals surface area contributed by atoms with E-state index in [2.05, 4.69) is 15.3 Å². The number of aryl methyl sites for hydroxylation is 1. The van der Waals surface area contributed by atoms with E-state index in [-0.39, 0.29) is 18.8 Å². The minimum atomic E-state index is -0.752. The molecule has 1 aromatic carbocycles. The van der Waals surface area contributed by atoms with E-state index in [0.29, 0.717) is 5.82 Å². The highest BCUT2D eigenvalue weighted by Crippen LogP contribution is 2.21. The zero-order valence-electron chi connectivity index (χ0n) is 13.8. The van der Waals surface area contributed by atoms with E-state index < -0.39 is 11.9 Å². The number of rotatable bonds is 6. The molecule has 0 aliphatic carbocycles. The molecule has 24 heavy (non-hydrogen) atoms. The van der Waals surface area contributed by atoms with E-state index >= 15 is 0 Å². The third kappa shape index (κ3) is 3.87. The summed E-state index contributed by atoms with van der Waals surface area (Å²) in [6, 6.07) is 5.68. The highest BCUT2D eigenvalue weighted by Gasteiger charge is 2.21. The van der Waals surface area contributed by atoms with Gasteiger partial charge in [0.1, 0.15) is 12.1 Å². The van der Waals surface area contributed by atoms with Gasteiger partial charge in [0.15, 0.2) is 5.57 Å². The number of benzene rings is 1. The number of aromatic nitrogens is 2. The van der Waals surface area contributed by atoms with E-state index in [4.69, 9.17) is 9.47 Å². The van der Waals surface area contributed by atoms with Crippen molar-refractivity contribution in [2.24, 2.45) is 0 Å². The largest absolute Gasteiger partial charge is 0.462 e. The van der Waals surface area contributed by atoms with Crippen LogP contribution in [0.2, 0.25) is 0 Å². The van der Waals surface area contributed by atoms with E-state index in [9.17, 15) is 9.59 Å². The summed E-state index contributed by atoms with van der Waals surface area (Å²) in [5, 5.41) is 3.66. The number of nitrogens with one attached hydrogen (secondary N) is 1. The summed E-state index contributed by atoms with van der Waals surface area (Å²) in [5.41, 5.74) is 1.56. The minimum Gasteiger partial charge on any atom is -0.462 e. The van der Waals surface area contributed by atoms with Crippen LogP contribution in [0, 0.1) is 6.92 Å². The molecule has 0 spiro atoms. The average molecular weight is 329 g/mol. The van der Waals surface area contributed by atoms with Gasteiger partial charge in [-0.2, -0.15) is 0 Å². The van der Waals surface area contributed by atoms with Gasteiger partial charge in [0.05, 0.1) is 18.7 Å². The van der Waals surface area contributed by atoms with Crippen molar-refractivity contribution in [2.75, 3.05) is 18.5 Å². The summed E-state index contributed by atoms with van der Waals surface area (Å²) in [6.07, 6.45) is 2.67. The third-order valence-corrected chi connectivity index (χ3v) is 3.21. The molecular weight excluding hydrogens is 310 g/mol. The molecule has 126 valence electrons. The van der Waals surface area contributed by atoms with Gasteiger partial charge in [-0.15, -0.1) is 0 Å². The van der Waals surface area contributed by atoms with Crippen LogP contribution in [0.1, 0.15) is 19.4 Å². The summed E-state index contributed by atoms with van der Waals surface area (Å²) in [7, 11) is 0. The SMILES string of the molecule is CCOC(=O)C(=CNc1ncnc2c(C)cccc12)C(=O)OCC. The summed E-state index contributed by atoms with van der Waals surface area (Å²) < 4.78 is 9.77. The Morgan fingerprint density at radius 2 is 1.79 bits per heavy atom. The molecule has 1 aromatic heterocycles. The maximum absolute atomic E-state index is 11.9. The Kier molecular flexibility index (Phi) is 5.83. The summed E-state index contributed by atoms with van der Waals surface area (Å²) >= 11 is 0. The Hall–Kier alpha value is -2.96. The highest BCUT2D eigenvalue weighted by atomic mass is 16.6. The highest BCUT2D eigenvalue weighted by molar-refractivity contribution is 6.14. The lowest BCUT2D eigenvalue weighted by Crippen LogP contribution is -2.19. The average Bonchev–Trinajstić information content (AvgIpc) is 2.56. The van der Waals surface area contributed by atoms with Crippen molar-refractivity contribution in [1.29, 1.82) is 0 Å². The number of esters is 2. The van der Waals surface area contributed by atoms with Crippen molar-refractivity contribution < 1.29 is 19.1 Å². The molecule has 0 saturated carbocycles. The van der Waals surface area contributed by atoms with E-state index in [0.717, 1.165) is 16.5 Å². The Bertz CT molecular complexity index is 766. The standard InChI is InChI=1S/C17H19N3O4/c1-4-23-16(21)13(17(22)24-5-2)9-18-15-12-8-6-7-11(3)14(12)19-10-20-15/h6-10H,4-5H2,1-3H3,(H,18,19,20). The van der Waals surface area contributed by atoms with Crippen molar-refractivity contribution in [3.05, 3.63) is 41.9 Å². The zero-order valence-corrected chi connectivity index (χ0v) is 13.8. The monoisotopic (exact) mass is 329 g/mol. The van der Waals surface area contributed by atoms with Crippen LogP contribution in [0.5, 0.6) is 0 Å². The fourth-order valence-electron chi connectivity index (χ4n) is 2.11. The number of nitrogens with zero attached hydrogens (tertiary/aromatic N) is 2. The lowest BCUT2D eigenvalue weighted by molar-refractivity contribution is -0.146. The molecule has 2 rings (SSSR count). The van der Waals surface area contributed by atoms with Crippen molar-refractivity contribution in [1.82, 2.24) is 9.97 Å². The number of hydrogen-bond donors (Lipinski definition) is 1. The molecular formula is C17H19N3O4. The molecule has 0 radical (unpaired) electrons. The second kappa shape index (κ2) is 8.05. The molecule has 0 atom stereocenters. The molecule has 0 fully saturated rings. The van der Waals surface area contributed by atoms with Crippen LogP contribution in [0.25, 0.3) is 10.9 Å². The Balaban J connectivity index is 2.36. The Morgan fingerprint density at radius 1 is 1.12 bits per heavy atom. The van der Waals surface area contributed by atoms with Crippen LogP contribution in [-0.4, -0.2) is 35.1 Å². The quantitative estimate of drug-likeness (QED) is 0.376. The van der Waals surface area contributed by atoms with Crippen molar-refractivity contribution in [2.45, 2.75) is 20.8 Å². The van der Waals surface area contributed by atoms with Crippen LogP contribution in [0.15, 0.2) is 36.3 Å². The van der Waals surface area contributed by atoms with Crippen LogP contribution in [0.3, 0.4) is 0 Å². The van der Waals surface area contributed by atoms with Crippen LogP contribution in [0.4, 0.5) is 5.82 Å². The number of carbonyl (C=O) groups excluding carboxylic acids is 2. The lowest BCUT2D eigenvalue weighted by atomic mass is 10.1. The number of anilines is 1. The van der Waals surface area contributed by atoms with E-state index in [1.54, 1.807) is 13.8 Å². The predicted molar refractivity (Wildman–Crippen MR) is 89.2 cm³/mol. The topological polar surface area (TPSA) is 90.4 Å². The first-order valence-electron chi connectivity index (χ1n) is 7.59. The molecule has 0 unspecified atom stereocenters. The second-order valence-electron chi connectivity index (χ2n) is 4.84. The number of para-hydroxylation sites is 1. The fourth-order valence-corrected chi connectivity index (χ4v) is 2.11. The number of hydrogen-bond acceptors (Lipinski definition) is 7. The first kappa shape index (κ1) is 17.4. The maximum atomic E-state index is 11.9. The van der Waals surface area contributed by atoms with Crippen molar-refractivity contribution in [3.8, 4) is 0 Å². The smallest absolute Gasteiger partial charge is 0.347 e. The molecule has 0 bridgehead atoms. The number of fused-ring (bicyclic) bond motifs is 1. The van der Waals surface area contributed by atoms with Gasteiger partial charge in [0.2, 0.25) is 0 Å².